The van der Waals surface area contributed by atoms with Gasteiger partial charge in [-0.3, -0.25) is 0 Å². The number of likely N-dealkylation sites (N-methyl/N-ethyl adjacent to an activating group) is 1. The third-order valence-electron chi connectivity index (χ3n) is 2.78. The van der Waals surface area contributed by atoms with Crippen molar-refractivity contribution < 1.29 is 4.74 Å². The highest BCUT2D eigenvalue weighted by atomic mass is 16.5. The van der Waals surface area contributed by atoms with E-state index in [1.54, 1.807) is 6.07 Å². The standard InChI is InChI=1S/C14H28N6O/c1-14(2,3)13-17-11(10-12(18-13)19-15)16-6-8-21-9-7-20(4)5/h10H,6-9,15H2,1-5H3,(H2,16,17,18,19). The van der Waals surface area contributed by atoms with Crippen molar-refractivity contribution in [2.45, 2.75) is 26.2 Å². The quantitative estimate of drug-likeness (QED) is 0.375. The summed E-state index contributed by atoms with van der Waals surface area (Å²) < 4.78 is 5.53. The van der Waals surface area contributed by atoms with Crippen LogP contribution in [0.15, 0.2) is 6.07 Å². The molecule has 0 amide bonds. The molecule has 0 bridgehead atoms. The van der Waals surface area contributed by atoms with Crippen molar-refractivity contribution in [2.24, 2.45) is 5.84 Å². The molecule has 21 heavy (non-hydrogen) atoms. The minimum atomic E-state index is -0.133. The zero-order valence-electron chi connectivity index (χ0n) is 13.7. The van der Waals surface area contributed by atoms with E-state index < -0.39 is 0 Å². The van der Waals surface area contributed by atoms with Gasteiger partial charge in [0.05, 0.1) is 13.2 Å². The second kappa shape index (κ2) is 8.11. The van der Waals surface area contributed by atoms with Gasteiger partial charge in [-0.25, -0.2) is 15.8 Å². The lowest BCUT2D eigenvalue weighted by Gasteiger charge is -2.18. The van der Waals surface area contributed by atoms with E-state index in [0.717, 1.165) is 24.8 Å². The Hall–Kier alpha value is -1.44. The molecule has 4 N–H and O–H groups in total. The van der Waals surface area contributed by atoms with Crippen LogP contribution in [-0.2, 0) is 10.2 Å². The van der Waals surface area contributed by atoms with Crippen LogP contribution in [0.5, 0.6) is 0 Å². The van der Waals surface area contributed by atoms with Gasteiger partial charge in [0.25, 0.3) is 0 Å². The number of anilines is 2. The van der Waals surface area contributed by atoms with Gasteiger partial charge in [0, 0.05) is 24.6 Å². The van der Waals surface area contributed by atoms with Gasteiger partial charge in [-0.2, -0.15) is 0 Å². The molecule has 0 unspecified atom stereocenters. The molecule has 0 aliphatic rings. The lowest BCUT2D eigenvalue weighted by atomic mass is 9.96. The topological polar surface area (TPSA) is 88.3 Å². The summed E-state index contributed by atoms with van der Waals surface area (Å²) in [6.07, 6.45) is 0. The summed E-state index contributed by atoms with van der Waals surface area (Å²) >= 11 is 0. The summed E-state index contributed by atoms with van der Waals surface area (Å²) in [5, 5.41) is 3.23. The molecule has 0 saturated carbocycles. The average molecular weight is 296 g/mol. The van der Waals surface area contributed by atoms with Gasteiger partial charge in [0.1, 0.15) is 17.5 Å². The molecule has 0 aromatic carbocycles. The van der Waals surface area contributed by atoms with Gasteiger partial charge in [0.15, 0.2) is 0 Å². The summed E-state index contributed by atoms with van der Waals surface area (Å²) in [6.45, 7) is 9.17. The lowest BCUT2D eigenvalue weighted by Crippen LogP contribution is -2.22. The van der Waals surface area contributed by atoms with E-state index in [1.165, 1.54) is 0 Å². The van der Waals surface area contributed by atoms with Crippen molar-refractivity contribution in [2.75, 3.05) is 51.1 Å². The summed E-state index contributed by atoms with van der Waals surface area (Å²) in [7, 11) is 4.05. The largest absolute Gasteiger partial charge is 0.378 e. The van der Waals surface area contributed by atoms with Gasteiger partial charge in [-0.1, -0.05) is 20.8 Å². The maximum atomic E-state index is 5.53. The first-order valence-corrected chi connectivity index (χ1v) is 7.15. The molecule has 0 aliphatic carbocycles. The minimum Gasteiger partial charge on any atom is -0.378 e. The Balaban J connectivity index is 2.51. The molecule has 0 saturated heterocycles. The highest BCUT2D eigenvalue weighted by molar-refractivity contribution is 5.47. The molecule has 0 spiro atoms. The number of hydrogen-bond acceptors (Lipinski definition) is 7. The average Bonchev–Trinajstić information content (AvgIpc) is 2.41. The molecular formula is C14H28N6O. The van der Waals surface area contributed by atoms with Crippen LogP contribution in [0.4, 0.5) is 11.6 Å². The highest BCUT2D eigenvalue weighted by Gasteiger charge is 2.18. The first-order chi connectivity index (χ1) is 9.82. The number of hydrazine groups is 1. The van der Waals surface area contributed by atoms with Crippen LogP contribution in [-0.4, -0.2) is 55.3 Å². The third-order valence-corrected chi connectivity index (χ3v) is 2.78. The van der Waals surface area contributed by atoms with Crippen molar-refractivity contribution in [3.05, 3.63) is 11.9 Å². The Labute approximate surface area is 127 Å². The van der Waals surface area contributed by atoms with Crippen LogP contribution in [0.3, 0.4) is 0 Å². The van der Waals surface area contributed by atoms with Crippen molar-refractivity contribution in [3.63, 3.8) is 0 Å². The Morgan fingerprint density at radius 3 is 2.43 bits per heavy atom. The van der Waals surface area contributed by atoms with E-state index in [2.05, 4.69) is 46.4 Å². The Bertz CT molecular complexity index is 430. The van der Waals surface area contributed by atoms with Gasteiger partial charge in [-0.05, 0) is 14.1 Å². The van der Waals surface area contributed by atoms with Crippen LogP contribution in [0.1, 0.15) is 26.6 Å². The SMILES string of the molecule is CN(C)CCOCCNc1cc(NN)nc(C(C)(C)C)n1. The molecule has 1 rings (SSSR count). The molecule has 0 aliphatic heterocycles. The maximum Gasteiger partial charge on any atom is 0.145 e. The molecule has 120 valence electrons. The van der Waals surface area contributed by atoms with Crippen molar-refractivity contribution in [1.82, 2.24) is 14.9 Å². The first-order valence-electron chi connectivity index (χ1n) is 7.15. The second-order valence-electron chi connectivity index (χ2n) is 6.20. The van der Waals surface area contributed by atoms with E-state index in [9.17, 15) is 0 Å². The molecule has 0 radical (unpaired) electrons. The number of nitrogens with zero attached hydrogens (tertiary/aromatic N) is 3. The van der Waals surface area contributed by atoms with Gasteiger partial charge >= 0.3 is 0 Å². The maximum absolute atomic E-state index is 5.53. The smallest absolute Gasteiger partial charge is 0.145 e. The zero-order valence-corrected chi connectivity index (χ0v) is 13.7. The molecule has 7 nitrogen and oxygen atoms in total. The number of ether oxygens (including phenoxy) is 1. The lowest BCUT2D eigenvalue weighted by molar-refractivity contribution is 0.126. The Morgan fingerprint density at radius 2 is 1.86 bits per heavy atom. The monoisotopic (exact) mass is 296 g/mol. The third kappa shape index (κ3) is 6.70. The van der Waals surface area contributed by atoms with Crippen molar-refractivity contribution in [1.29, 1.82) is 0 Å². The summed E-state index contributed by atoms with van der Waals surface area (Å²) in [6, 6.07) is 1.79. The van der Waals surface area contributed by atoms with Gasteiger partial charge < -0.3 is 20.4 Å². The summed E-state index contributed by atoms with van der Waals surface area (Å²) in [5.41, 5.74) is 2.44. The van der Waals surface area contributed by atoms with E-state index in [1.807, 2.05) is 14.1 Å². The van der Waals surface area contributed by atoms with E-state index in [-0.39, 0.29) is 5.41 Å². The van der Waals surface area contributed by atoms with Crippen LogP contribution in [0, 0.1) is 0 Å². The molecule has 0 atom stereocenters. The van der Waals surface area contributed by atoms with Crippen LogP contribution in [0.25, 0.3) is 0 Å². The van der Waals surface area contributed by atoms with Crippen molar-refractivity contribution >= 4 is 11.6 Å². The Kier molecular flexibility index (Phi) is 6.80. The van der Waals surface area contributed by atoms with Crippen molar-refractivity contribution in [3.8, 4) is 0 Å². The Morgan fingerprint density at radius 1 is 1.19 bits per heavy atom. The van der Waals surface area contributed by atoms with Crippen LogP contribution in [0.2, 0.25) is 0 Å². The predicted octanol–water partition coefficient (Wildman–Crippen LogP) is 1.05. The van der Waals surface area contributed by atoms with Gasteiger partial charge in [0.2, 0.25) is 0 Å². The number of nitrogens with one attached hydrogen (secondary N) is 2. The second-order valence-corrected chi connectivity index (χ2v) is 6.20. The van der Waals surface area contributed by atoms with E-state index in [0.29, 0.717) is 19.0 Å². The molecule has 1 aromatic heterocycles. The number of nitrogen functional groups attached to an aromatic ring is 1. The van der Waals surface area contributed by atoms with Crippen LogP contribution < -0.4 is 16.6 Å². The molecular weight excluding hydrogens is 268 g/mol. The highest BCUT2D eigenvalue weighted by Crippen LogP contribution is 2.21. The zero-order chi connectivity index (χ0) is 15.9. The molecule has 1 aromatic rings. The molecule has 0 fully saturated rings. The van der Waals surface area contributed by atoms with Gasteiger partial charge in [-0.15, -0.1) is 0 Å². The number of aromatic nitrogens is 2. The number of rotatable bonds is 8. The fourth-order valence-electron chi connectivity index (χ4n) is 1.55. The fraction of sp³-hybridized carbons (Fsp3) is 0.714. The summed E-state index contributed by atoms with van der Waals surface area (Å²) in [5.74, 6) is 7.55. The van der Waals surface area contributed by atoms with Crippen LogP contribution >= 0.6 is 0 Å². The first kappa shape index (κ1) is 17.6. The number of nitrogens with two attached hydrogens (primary N) is 1. The normalized spacial score (nSPS) is 11.8. The summed E-state index contributed by atoms with van der Waals surface area (Å²) in [4.78, 5) is 11.0. The van der Waals surface area contributed by atoms with E-state index in [4.69, 9.17) is 10.6 Å². The number of hydrogen-bond donors (Lipinski definition) is 3. The van der Waals surface area contributed by atoms with E-state index >= 15 is 0 Å². The minimum absolute atomic E-state index is 0.133. The molecule has 7 heteroatoms. The molecule has 1 heterocycles. The predicted molar refractivity (Wildman–Crippen MR) is 86.4 cm³/mol. The fourth-order valence-corrected chi connectivity index (χ4v) is 1.55.